The number of nitrogens with one attached hydrogen (secondary N) is 1. The molecule has 2 aliphatic rings. The second-order valence-electron chi connectivity index (χ2n) is 10.7. The van der Waals surface area contributed by atoms with Crippen molar-refractivity contribution in [1.29, 1.82) is 0 Å². The number of para-hydroxylation sites is 1. The van der Waals surface area contributed by atoms with Crippen LogP contribution < -0.4 is 0 Å². The highest BCUT2D eigenvalue weighted by molar-refractivity contribution is 5.91. The van der Waals surface area contributed by atoms with Gasteiger partial charge in [0.15, 0.2) is 17.5 Å². The zero-order chi connectivity index (χ0) is 28.2. The number of hydrogen-bond acceptors (Lipinski definition) is 5. The fourth-order valence-electron chi connectivity index (χ4n) is 5.96. The van der Waals surface area contributed by atoms with Gasteiger partial charge in [-0.1, -0.05) is 18.2 Å². The molecule has 10 heteroatoms. The van der Waals surface area contributed by atoms with Crippen molar-refractivity contribution in [3.05, 3.63) is 77.2 Å². The number of piperidine rings is 2. The van der Waals surface area contributed by atoms with Crippen molar-refractivity contribution in [2.24, 2.45) is 0 Å². The average Bonchev–Trinajstić information content (AvgIpc) is 3.41. The van der Waals surface area contributed by atoms with Crippen molar-refractivity contribution in [1.82, 2.24) is 19.9 Å². The number of aliphatic hydroxyl groups is 2. The van der Waals surface area contributed by atoms with E-state index in [0.717, 1.165) is 43.6 Å². The predicted molar refractivity (Wildman–Crippen MR) is 147 cm³/mol. The molecule has 40 heavy (non-hydrogen) atoms. The van der Waals surface area contributed by atoms with Gasteiger partial charge in [0.1, 0.15) is 0 Å². The first-order chi connectivity index (χ1) is 19.3. The van der Waals surface area contributed by atoms with E-state index < -0.39 is 23.6 Å². The van der Waals surface area contributed by atoms with Crippen LogP contribution >= 0.6 is 0 Å². The molecule has 0 saturated carbocycles. The molecule has 3 heterocycles. The van der Waals surface area contributed by atoms with E-state index in [0.29, 0.717) is 38.4 Å². The highest BCUT2D eigenvalue weighted by atomic mass is 19.2. The van der Waals surface area contributed by atoms with Crippen molar-refractivity contribution in [2.45, 2.75) is 43.7 Å². The van der Waals surface area contributed by atoms with E-state index in [4.69, 9.17) is 0 Å². The third-order valence-electron chi connectivity index (χ3n) is 8.13. The van der Waals surface area contributed by atoms with Crippen LogP contribution in [0, 0.1) is 17.5 Å². The van der Waals surface area contributed by atoms with Gasteiger partial charge in [-0.15, -0.1) is 0 Å². The summed E-state index contributed by atoms with van der Waals surface area (Å²) in [6.07, 6.45) is 7.07. The van der Waals surface area contributed by atoms with E-state index in [9.17, 15) is 28.2 Å². The summed E-state index contributed by atoms with van der Waals surface area (Å²) < 4.78 is 40.1. The van der Waals surface area contributed by atoms with Crippen LogP contribution in [0.15, 0.2) is 48.7 Å². The van der Waals surface area contributed by atoms with Gasteiger partial charge in [-0.05, 0) is 67.0 Å². The number of aromatic amines is 1. The number of rotatable bonds is 8. The lowest BCUT2D eigenvalue weighted by atomic mass is 9.89. The van der Waals surface area contributed by atoms with Gasteiger partial charge in [-0.3, -0.25) is 4.79 Å². The van der Waals surface area contributed by atoms with Crippen LogP contribution in [0.3, 0.4) is 0 Å². The molecule has 2 aliphatic heterocycles. The molecule has 0 aliphatic carbocycles. The molecule has 3 N–H and O–H groups in total. The first-order valence-electron chi connectivity index (χ1n) is 13.8. The molecule has 2 fully saturated rings. The zero-order valence-corrected chi connectivity index (χ0v) is 22.3. The fraction of sp³-hybridized carbons (Fsp3) is 0.433. The molecule has 0 radical (unpaired) electrons. The number of fused-ring (bicyclic) bond motifs is 1. The number of aromatic nitrogens is 1. The maximum absolute atomic E-state index is 13.5. The number of hydrazine groups is 1. The quantitative estimate of drug-likeness (QED) is 0.288. The molecule has 7 nitrogen and oxygen atoms in total. The van der Waals surface area contributed by atoms with Crippen molar-refractivity contribution >= 4 is 22.9 Å². The predicted octanol–water partition coefficient (Wildman–Crippen LogP) is 4.04. The lowest BCUT2D eigenvalue weighted by Crippen LogP contribution is -2.57. The van der Waals surface area contributed by atoms with Gasteiger partial charge in [0.25, 0.3) is 0 Å². The molecular formula is C30H35F3N4O3. The number of carbonyl (C=O) groups is 1. The molecule has 1 amide bonds. The molecule has 0 bridgehead atoms. The maximum Gasteiger partial charge on any atom is 0.246 e. The first kappa shape index (κ1) is 28.4. The minimum absolute atomic E-state index is 0.0693. The van der Waals surface area contributed by atoms with Gasteiger partial charge in [0.05, 0.1) is 12.7 Å². The second-order valence-corrected chi connectivity index (χ2v) is 10.7. The summed E-state index contributed by atoms with van der Waals surface area (Å²) in [6.45, 7) is 2.61. The summed E-state index contributed by atoms with van der Waals surface area (Å²) in [5, 5.41) is 25.6. The largest absolute Gasteiger partial charge is 0.394 e. The Labute approximate surface area is 231 Å². The number of likely N-dealkylation sites (tertiary alicyclic amines) is 1. The summed E-state index contributed by atoms with van der Waals surface area (Å²) in [5.74, 6) is -3.99. The van der Waals surface area contributed by atoms with Gasteiger partial charge >= 0.3 is 0 Å². The summed E-state index contributed by atoms with van der Waals surface area (Å²) >= 11 is 0. The van der Waals surface area contributed by atoms with Crippen LogP contribution in [-0.4, -0.2) is 87.5 Å². The topological polar surface area (TPSA) is 83.0 Å². The Bertz CT molecular complexity index is 1320. The Hall–Kier alpha value is -3.18. The van der Waals surface area contributed by atoms with Gasteiger partial charge < -0.3 is 20.1 Å². The third-order valence-corrected chi connectivity index (χ3v) is 8.13. The SMILES string of the molecule is O=C(/C=C/c1cc(F)c(F)c(F)c1)N1CCC(N(CC(O)CO)N2CCC(c3c[nH]c4ccccc34)CC2)CC1. The molecule has 2 saturated heterocycles. The highest BCUT2D eigenvalue weighted by Crippen LogP contribution is 2.34. The molecule has 3 aromatic rings. The number of hydrogen-bond donors (Lipinski definition) is 3. The summed E-state index contributed by atoms with van der Waals surface area (Å²) in [7, 11) is 0. The Morgan fingerprint density at radius 3 is 2.40 bits per heavy atom. The van der Waals surface area contributed by atoms with Crippen LogP contribution in [0.25, 0.3) is 17.0 Å². The van der Waals surface area contributed by atoms with Crippen LogP contribution in [0.4, 0.5) is 13.2 Å². The molecule has 214 valence electrons. The molecule has 1 atom stereocenters. The number of nitrogens with zero attached hydrogens (tertiary/aromatic N) is 3. The van der Waals surface area contributed by atoms with E-state index in [2.05, 4.69) is 39.4 Å². The molecule has 0 spiro atoms. The van der Waals surface area contributed by atoms with Crippen molar-refractivity contribution in [2.75, 3.05) is 39.3 Å². The van der Waals surface area contributed by atoms with Gasteiger partial charge in [-0.2, -0.15) is 0 Å². The van der Waals surface area contributed by atoms with Crippen LogP contribution in [0.2, 0.25) is 0 Å². The summed E-state index contributed by atoms with van der Waals surface area (Å²) in [4.78, 5) is 17.8. The number of amides is 1. The van der Waals surface area contributed by atoms with E-state index in [1.165, 1.54) is 23.1 Å². The molecule has 1 unspecified atom stereocenters. The van der Waals surface area contributed by atoms with E-state index in [1.807, 2.05) is 6.07 Å². The average molecular weight is 557 g/mol. The number of H-pyrrole nitrogens is 1. The normalized spacial score (nSPS) is 18.8. The molecule has 1 aromatic heterocycles. The van der Waals surface area contributed by atoms with Crippen molar-refractivity contribution in [3.63, 3.8) is 0 Å². The zero-order valence-electron chi connectivity index (χ0n) is 22.3. The van der Waals surface area contributed by atoms with Crippen molar-refractivity contribution < 1.29 is 28.2 Å². The number of halogens is 3. The fourth-order valence-corrected chi connectivity index (χ4v) is 5.96. The van der Waals surface area contributed by atoms with Crippen molar-refractivity contribution in [3.8, 4) is 0 Å². The second kappa shape index (κ2) is 12.6. The Kier molecular flexibility index (Phi) is 8.90. The van der Waals surface area contributed by atoms with E-state index >= 15 is 0 Å². The first-order valence-corrected chi connectivity index (χ1v) is 13.8. The molecular weight excluding hydrogens is 521 g/mol. The van der Waals surface area contributed by atoms with Gasteiger partial charge in [-0.25, -0.2) is 23.2 Å². The van der Waals surface area contributed by atoms with Crippen LogP contribution in [0.5, 0.6) is 0 Å². The standard InChI is InChI=1S/C30H35F3N4O3/c31-26-15-20(16-27(32)30(26)33)5-6-29(40)35-11-9-22(10-12-35)37(18-23(39)19-38)36-13-7-21(8-14-36)25-17-34-28-4-2-1-3-24(25)28/h1-6,15-17,21-23,34,38-39H,7-14,18-19H2/b6-5+. The maximum atomic E-state index is 13.5. The lowest BCUT2D eigenvalue weighted by molar-refractivity contribution is -0.133. The van der Waals surface area contributed by atoms with Crippen LogP contribution in [0.1, 0.15) is 42.7 Å². The van der Waals surface area contributed by atoms with Crippen LogP contribution in [-0.2, 0) is 4.79 Å². The summed E-state index contributed by atoms with van der Waals surface area (Å²) in [5.41, 5.74) is 2.55. The van der Waals surface area contributed by atoms with Gasteiger partial charge in [0, 0.05) is 61.9 Å². The monoisotopic (exact) mass is 556 g/mol. The number of aliphatic hydroxyl groups excluding tert-OH is 2. The summed E-state index contributed by atoms with van der Waals surface area (Å²) in [6, 6.07) is 10.1. The molecule has 2 aromatic carbocycles. The van der Waals surface area contributed by atoms with Gasteiger partial charge in [0.2, 0.25) is 5.91 Å². The number of carbonyl (C=O) groups excluding carboxylic acids is 1. The Morgan fingerprint density at radius 1 is 1.05 bits per heavy atom. The third kappa shape index (κ3) is 6.25. The van der Waals surface area contributed by atoms with E-state index in [1.54, 1.807) is 4.90 Å². The Morgan fingerprint density at radius 2 is 1.73 bits per heavy atom. The smallest absolute Gasteiger partial charge is 0.246 e. The lowest BCUT2D eigenvalue weighted by Gasteiger charge is -2.46. The minimum atomic E-state index is -1.54. The molecule has 5 rings (SSSR count). The Balaban J connectivity index is 1.19. The van der Waals surface area contributed by atoms with E-state index in [-0.39, 0.29) is 24.1 Å². The number of benzene rings is 2. The minimum Gasteiger partial charge on any atom is -0.394 e. The highest BCUT2D eigenvalue weighted by Gasteiger charge is 2.33.